The second-order valence-corrected chi connectivity index (χ2v) is 5.07. The minimum Gasteiger partial charge on any atom is -0.381 e. The molecule has 1 aromatic rings. The topological polar surface area (TPSA) is 22.1 Å². The maximum Gasteiger partial charge on any atom is 0.0549 e. The fourth-order valence-corrected chi connectivity index (χ4v) is 2.23. The maximum atomic E-state index is 5.52. The first-order valence-corrected chi connectivity index (χ1v) is 6.29. The minimum absolute atomic E-state index is 0.515. The first kappa shape index (κ1) is 11.6. The summed E-state index contributed by atoms with van der Waals surface area (Å²) < 4.78 is 5.52. The lowest BCUT2D eigenvalue weighted by molar-refractivity contribution is 0.0792. The van der Waals surface area contributed by atoms with Crippen molar-refractivity contribution in [3.8, 4) is 0 Å². The quantitative estimate of drug-likeness (QED) is 0.779. The van der Waals surface area contributed by atoms with Crippen molar-refractivity contribution in [3.05, 3.63) is 29.6 Å². The van der Waals surface area contributed by atoms with Crippen molar-refractivity contribution in [3.63, 3.8) is 0 Å². The van der Waals surface area contributed by atoms with Gasteiger partial charge in [0.15, 0.2) is 0 Å². The Balaban J connectivity index is 2.08. The SMILES string of the molecule is CC(C)Cc1cccc([C@H]2CCCOC2)n1. The molecule has 1 saturated heterocycles. The Bertz CT molecular complexity index is 329. The Hall–Kier alpha value is -0.890. The highest BCUT2D eigenvalue weighted by atomic mass is 16.5. The zero-order valence-electron chi connectivity index (χ0n) is 10.3. The van der Waals surface area contributed by atoms with Crippen LogP contribution >= 0.6 is 0 Å². The Morgan fingerprint density at radius 1 is 1.44 bits per heavy atom. The number of ether oxygens (including phenoxy) is 1. The van der Waals surface area contributed by atoms with Gasteiger partial charge in [-0.25, -0.2) is 0 Å². The third-order valence-electron chi connectivity index (χ3n) is 3.02. The molecule has 88 valence electrons. The van der Waals surface area contributed by atoms with Gasteiger partial charge in [-0.2, -0.15) is 0 Å². The van der Waals surface area contributed by atoms with E-state index in [-0.39, 0.29) is 0 Å². The minimum atomic E-state index is 0.515. The van der Waals surface area contributed by atoms with Crippen LogP contribution in [0.25, 0.3) is 0 Å². The van der Waals surface area contributed by atoms with Crippen LogP contribution in [0.3, 0.4) is 0 Å². The van der Waals surface area contributed by atoms with Crippen LogP contribution in [0.1, 0.15) is 44.0 Å². The molecule has 1 atom stereocenters. The molecule has 1 aliphatic rings. The standard InChI is InChI=1S/C14H21NO/c1-11(2)9-13-6-3-7-14(15-13)12-5-4-8-16-10-12/h3,6-7,11-12H,4-5,8-10H2,1-2H3/t12-/m0/s1. The highest BCUT2D eigenvalue weighted by Gasteiger charge is 2.17. The first-order valence-electron chi connectivity index (χ1n) is 6.29. The van der Waals surface area contributed by atoms with E-state index >= 15 is 0 Å². The summed E-state index contributed by atoms with van der Waals surface area (Å²) in [6, 6.07) is 6.41. The van der Waals surface area contributed by atoms with Gasteiger partial charge in [0.05, 0.1) is 6.61 Å². The van der Waals surface area contributed by atoms with Gasteiger partial charge in [-0.05, 0) is 37.3 Å². The number of hydrogen-bond donors (Lipinski definition) is 0. The molecule has 1 fully saturated rings. The van der Waals surface area contributed by atoms with Crippen LogP contribution in [-0.2, 0) is 11.2 Å². The third-order valence-corrected chi connectivity index (χ3v) is 3.02. The van der Waals surface area contributed by atoms with Crippen molar-refractivity contribution in [2.45, 2.75) is 39.0 Å². The molecule has 1 aromatic heterocycles. The number of aromatic nitrogens is 1. The van der Waals surface area contributed by atoms with Gasteiger partial charge in [-0.3, -0.25) is 4.98 Å². The molecule has 2 nitrogen and oxygen atoms in total. The van der Waals surface area contributed by atoms with Gasteiger partial charge in [0.25, 0.3) is 0 Å². The van der Waals surface area contributed by atoms with Crippen molar-refractivity contribution < 1.29 is 4.74 Å². The van der Waals surface area contributed by atoms with Crippen molar-refractivity contribution in [1.82, 2.24) is 4.98 Å². The van der Waals surface area contributed by atoms with Crippen molar-refractivity contribution in [2.24, 2.45) is 5.92 Å². The van der Waals surface area contributed by atoms with Crippen LogP contribution in [0.2, 0.25) is 0 Å². The molecule has 0 spiro atoms. The molecule has 0 amide bonds. The summed E-state index contributed by atoms with van der Waals surface area (Å²) in [6.45, 7) is 6.23. The smallest absolute Gasteiger partial charge is 0.0549 e. The maximum absolute atomic E-state index is 5.52. The molecule has 16 heavy (non-hydrogen) atoms. The van der Waals surface area contributed by atoms with E-state index in [0.717, 1.165) is 19.6 Å². The summed E-state index contributed by atoms with van der Waals surface area (Å²) in [5.41, 5.74) is 2.44. The molecular weight excluding hydrogens is 198 g/mol. The van der Waals surface area contributed by atoms with E-state index in [1.54, 1.807) is 0 Å². The average molecular weight is 219 g/mol. The number of nitrogens with zero attached hydrogens (tertiary/aromatic N) is 1. The molecule has 1 aliphatic heterocycles. The van der Waals surface area contributed by atoms with Gasteiger partial charge >= 0.3 is 0 Å². The highest BCUT2D eigenvalue weighted by molar-refractivity contribution is 5.15. The lowest BCUT2D eigenvalue weighted by Gasteiger charge is -2.22. The zero-order chi connectivity index (χ0) is 11.4. The van der Waals surface area contributed by atoms with E-state index in [4.69, 9.17) is 9.72 Å². The summed E-state index contributed by atoms with van der Waals surface area (Å²) in [7, 11) is 0. The fourth-order valence-electron chi connectivity index (χ4n) is 2.23. The lowest BCUT2D eigenvalue weighted by atomic mass is 9.97. The molecule has 2 rings (SSSR count). The van der Waals surface area contributed by atoms with Crippen LogP contribution in [0.15, 0.2) is 18.2 Å². The summed E-state index contributed by atoms with van der Waals surface area (Å²) in [5.74, 6) is 1.19. The zero-order valence-corrected chi connectivity index (χ0v) is 10.3. The molecule has 0 radical (unpaired) electrons. The molecule has 0 aliphatic carbocycles. The van der Waals surface area contributed by atoms with Gasteiger partial charge in [-0.15, -0.1) is 0 Å². The molecular formula is C14H21NO. The van der Waals surface area contributed by atoms with E-state index in [9.17, 15) is 0 Å². The van der Waals surface area contributed by atoms with Crippen LogP contribution in [0.4, 0.5) is 0 Å². The second-order valence-electron chi connectivity index (χ2n) is 5.07. The second kappa shape index (κ2) is 5.44. The average Bonchev–Trinajstić information content (AvgIpc) is 2.30. The molecule has 0 bridgehead atoms. The summed E-state index contributed by atoms with van der Waals surface area (Å²) >= 11 is 0. The summed E-state index contributed by atoms with van der Waals surface area (Å²) in [4.78, 5) is 4.76. The van der Waals surface area contributed by atoms with Crippen LogP contribution in [-0.4, -0.2) is 18.2 Å². The molecule has 0 N–H and O–H groups in total. The van der Waals surface area contributed by atoms with Gasteiger partial charge < -0.3 is 4.74 Å². The fraction of sp³-hybridized carbons (Fsp3) is 0.643. The number of hydrogen-bond acceptors (Lipinski definition) is 2. The summed E-state index contributed by atoms with van der Waals surface area (Å²) in [5, 5.41) is 0. The number of rotatable bonds is 3. The Labute approximate surface area is 98.0 Å². The van der Waals surface area contributed by atoms with Crippen LogP contribution in [0.5, 0.6) is 0 Å². The van der Waals surface area contributed by atoms with Gasteiger partial charge in [0.2, 0.25) is 0 Å². The molecule has 2 heteroatoms. The van der Waals surface area contributed by atoms with E-state index in [2.05, 4.69) is 32.0 Å². The first-order chi connectivity index (χ1) is 7.75. The summed E-state index contributed by atoms with van der Waals surface area (Å²) in [6.07, 6.45) is 3.46. The van der Waals surface area contributed by atoms with Gasteiger partial charge in [-0.1, -0.05) is 19.9 Å². The Morgan fingerprint density at radius 2 is 2.31 bits per heavy atom. The van der Waals surface area contributed by atoms with E-state index in [0.29, 0.717) is 11.8 Å². The lowest BCUT2D eigenvalue weighted by Crippen LogP contribution is -2.17. The van der Waals surface area contributed by atoms with Crippen molar-refractivity contribution >= 4 is 0 Å². The van der Waals surface area contributed by atoms with Crippen LogP contribution in [0, 0.1) is 5.92 Å². The van der Waals surface area contributed by atoms with Crippen molar-refractivity contribution in [2.75, 3.05) is 13.2 Å². The predicted octanol–water partition coefficient (Wildman–Crippen LogP) is 3.17. The molecule has 0 unspecified atom stereocenters. The van der Waals surface area contributed by atoms with E-state index in [1.807, 2.05) is 0 Å². The van der Waals surface area contributed by atoms with Gasteiger partial charge in [0.1, 0.15) is 0 Å². The molecule has 0 aromatic carbocycles. The molecule has 0 saturated carbocycles. The van der Waals surface area contributed by atoms with Gasteiger partial charge in [0, 0.05) is 23.9 Å². The van der Waals surface area contributed by atoms with Crippen molar-refractivity contribution in [1.29, 1.82) is 0 Å². The van der Waals surface area contributed by atoms with Crippen LogP contribution < -0.4 is 0 Å². The monoisotopic (exact) mass is 219 g/mol. The normalized spacial score (nSPS) is 21.3. The third kappa shape index (κ3) is 3.05. The largest absolute Gasteiger partial charge is 0.381 e. The predicted molar refractivity (Wildman–Crippen MR) is 65.6 cm³/mol. The Kier molecular flexibility index (Phi) is 3.94. The van der Waals surface area contributed by atoms with E-state index < -0.39 is 0 Å². The number of pyridine rings is 1. The van der Waals surface area contributed by atoms with E-state index in [1.165, 1.54) is 24.2 Å². The highest BCUT2D eigenvalue weighted by Crippen LogP contribution is 2.24. The molecule has 2 heterocycles. The Morgan fingerprint density at radius 3 is 3.00 bits per heavy atom.